The molecule has 8 rings (SSSR count). The molecule has 3 fully saturated rings. The second kappa shape index (κ2) is 10.9. The molecule has 1 aliphatic heterocycles. The fourth-order valence-electron chi connectivity index (χ4n) is 8.23. The Labute approximate surface area is 274 Å². The van der Waals surface area contributed by atoms with E-state index in [4.69, 9.17) is 30.5 Å². The first-order valence-corrected chi connectivity index (χ1v) is 16.4. The zero-order valence-electron chi connectivity index (χ0n) is 26.5. The van der Waals surface area contributed by atoms with Crippen LogP contribution < -0.4 is 4.74 Å². The number of nitrogens with zero attached hydrogens (tertiary/aromatic N) is 3. The summed E-state index contributed by atoms with van der Waals surface area (Å²) in [6, 6.07) is 29.6. The molecule has 5 aromatic rings. The van der Waals surface area contributed by atoms with Gasteiger partial charge in [0.15, 0.2) is 5.79 Å². The van der Waals surface area contributed by atoms with E-state index in [1.54, 1.807) is 7.11 Å². The zero-order valence-corrected chi connectivity index (χ0v) is 27.3. The van der Waals surface area contributed by atoms with Gasteiger partial charge in [-0.1, -0.05) is 83.9 Å². The van der Waals surface area contributed by atoms with E-state index >= 15 is 0 Å². The van der Waals surface area contributed by atoms with E-state index in [0.717, 1.165) is 52.7 Å². The number of rotatable bonds is 7. The van der Waals surface area contributed by atoms with E-state index in [0.29, 0.717) is 5.15 Å². The van der Waals surface area contributed by atoms with E-state index in [9.17, 15) is 0 Å². The number of hydrogen-bond donors (Lipinski definition) is 0. The molecule has 0 N–H and O–H groups in total. The summed E-state index contributed by atoms with van der Waals surface area (Å²) in [6.07, 6.45) is 6.02. The SMILES string of the molecule is COc1ccc(C(OC2CC3(C2)C[C@@H](n2ccc4c(Cl)ncnc42)[C@@H]2OC(C)(C)O[C@@H]23)(c2ccccc2)c2ccc(C)cc2)cc1. The number of ether oxygens (including phenoxy) is 4. The van der Waals surface area contributed by atoms with Crippen molar-refractivity contribution in [3.63, 3.8) is 0 Å². The van der Waals surface area contributed by atoms with Gasteiger partial charge in [0.1, 0.15) is 34.6 Å². The second-order valence-electron chi connectivity index (χ2n) is 13.6. The van der Waals surface area contributed by atoms with Crippen LogP contribution in [-0.4, -0.2) is 45.7 Å². The van der Waals surface area contributed by atoms with Crippen LogP contribution in [0.25, 0.3) is 11.0 Å². The van der Waals surface area contributed by atoms with Crippen molar-refractivity contribution in [1.82, 2.24) is 14.5 Å². The lowest BCUT2D eigenvalue weighted by atomic mass is 9.63. The Morgan fingerprint density at radius 3 is 2.22 bits per heavy atom. The predicted molar refractivity (Wildman–Crippen MR) is 177 cm³/mol. The molecule has 2 saturated carbocycles. The number of fused-ring (bicyclic) bond motifs is 3. The Hall–Kier alpha value is -3.75. The van der Waals surface area contributed by atoms with Crippen LogP contribution in [0.3, 0.4) is 0 Å². The molecule has 3 aliphatic rings. The zero-order chi connectivity index (χ0) is 31.7. The summed E-state index contributed by atoms with van der Waals surface area (Å²) in [5.41, 5.74) is 4.35. The molecular formula is C38H38ClN3O4. The van der Waals surface area contributed by atoms with Gasteiger partial charge in [0.25, 0.3) is 0 Å². The highest BCUT2D eigenvalue weighted by Gasteiger charge is 2.66. The van der Waals surface area contributed by atoms with Crippen LogP contribution in [0.2, 0.25) is 5.15 Å². The lowest BCUT2D eigenvalue weighted by molar-refractivity contribution is -0.204. The summed E-state index contributed by atoms with van der Waals surface area (Å²) in [4.78, 5) is 8.80. The molecule has 0 bridgehead atoms. The average molecular weight is 636 g/mol. The minimum Gasteiger partial charge on any atom is -0.497 e. The van der Waals surface area contributed by atoms with Crippen LogP contribution in [0.4, 0.5) is 0 Å². The maximum atomic E-state index is 7.46. The van der Waals surface area contributed by atoms with Crippen LogP contribution in [0.15, 0.2) is 97.5 Å². The van der Waals surface area contributed by atoms with Gasteiger partial charge in [-0.2, -0.15) is 0 Å². The molecule has 1 unspecified atom stereocenters. The van der Waals surface area contributed by atoms with Gasteiger partial charge >= 0.3 is 0 Å². The minimum atomic E-state index is -0.818. The van der Waals surface area contributed by atoms with Crippen molar-refractivity contribution in [1.29, 1.82) is 0 Å². The molecule has 2 aliphatic carbocycles. The molecule has 46 heavy (non-hydrogen) atoms. The van der Waals surface area contributed by atoms with Crippen molar-refractivity contribution in [2.45, 2.75) is 75.8 Å². The Balaban J connectivity index is 1.17. The molecule has 0 radical (unpaired) electrons. The standard InChI is InChI=1S/C38H38ClN3O4/c1-24-10-12-26(13-11-24)38(25-8-6-5-7-9-25,27-14-16-28(43-4)17-15-27)44-29-20-37(21-29)22-31(32-33(37)46-36(2,3)45-32)42-19-18-30-34(39)40-23-41-35(30)42/h5-19,23,29,31-33H,20-22H2,1-4H3/t29?,31-,32+,33+,37?,38?/m1/s1. The summed E-state index contributed by atoms with van der Waals surface area (Å²) >= 11 is 6.44. The van der Waals surface area contributed by atoms with Crippen LogP contribution in [-0.2, 0) is 19.8 Å². The van der Waals surface area contributed by atoms with Crippen molar-refractivity contribution < 1.29 is 18.9 Å². The number of benzene rings is 3. The highest BCUT2D eigenvalue weighted by molar-refractivity contribution is 6.33. The molecule has 3 heterocycles. The molecule has 7 nitrogen and oxygen atoms in total. The first kappa shape index (κ1) is 29.6. The average Bonchev–Trinajstić information content (AvgIpc) is 3.71. The molecule has 236 valence electrons. The maximum Gasteiger partial charge on any atom is 0.163 e. The highest BCUT2D eigenvalue weighted by Crippen LogP contribution is 2.64. The summed E-state index contributed by atoms with van der Waals surface area (Å²) < 4.78 is 28.5. The Kier molecular flexibility index (Phi) is 7.03. The molecule has 3 aromatic carbocycles. The number of hydrogen-bond acceptors (Lipinski definition) is 6. The molecular weight excluding hydrogens is 598 g/mol. The van der Waals surface area contributed by atoms with Crippen LogP contribution in [0, 0.1) is 12.3 Å². The molecule has 2 aromatic heterocycles. The summed E-state index contributed by atoms with van der Waals surface area (Å²) in [5, 5.41) is 1.31. The monoisotopic (exact) mass is 635 g/mol. The second-order valence-corrected chi connectivity index (χ2v) is 13.9. The van der Waals surface area contributed by atoms with Crippen LogP contribution in [0.5, 0.6) is 5.75 Å². The van der Waals surface area contributed by atoms with Crippen LogP contribution >= 0.6 is 11.6 Å². The smallest absolute Gasteiger partial charge is 0.163 e. The van der Waals surface area contributed by atoms with E-state index < -0.39 is 11.4 Å². The predicted octanol–water partition coefficient (Wildman–Crippen LogP) is 8.02. The fourth-order valence-corrected chi connectivity index (χ4v) is 8.42. The Morgan fingerprint density at radius 1 is 0.848 bits per heavy atom. The molecule has 1 spiro atoms. The summed E-state index contributed by atoms with van der Waals surface area (Å²) in [7, 11) is 1.69. The first-order valence-electron chi connectivity index (χ1n) is 16.0. The van der Waals surface area contributed by atoms with E-state index in [-0.39, 0.29) is 29.8 Å². The Bertz CT molecular complexity index is 1870. The lowest BCUT2D eigenvalue weighted by Crippen LogP contribution is -2.52. The number of halogens is 1. The first-order chi connectivity index (χ1) is 22.2. The molecule has 8 heteroatoms. The van der Waals surface area contributed by atoms with Gasteiger partial charge in [0.05, 0.1) is 30.7 Å². The van der Waals surface area contributed by atoms with Gasteiger partial charge in [-0.15, -0.1) is 0 Å². The third-order valence-electron chi connectivity index (χ3n) is 10.3. The van der Waals surface area contributed by atoms with Gasteiger partial charge in [-0.25, -0.2) is 9.97 Å². The number of aromatic nitrogens is 3. The third kappa shape index (κ3) is 4.67. The summed E-state index contributed by atoms with van der Waals surface area (Å²) in [5.74, 6) is 0.131. The maximum absolute atomic E-state index is 7.46. The van der Waals surface area contributed by atoms with Gasteiger partial charge in [-0.3, -0.25) is 0 Å². The fraction of sp³-hybridized carbons (Fsp3) is 0.368. The Morgan fingerprint density at radius 2 is 1.52 bits per heavy atom. The van der Waals surface area contributed by atoms with Crippen molar-refractivity contribution in [2.75, 3.05) is 7.11 Å². The minimum absolute atomic E-state index is 0.00602. The number of aryl methyl sites for hydroxylation is 1. The molecule has 1 saturated heterocycles. The molecule has 0 amide bonds. The van der Waals surface area contributed by atoms with Gasteiger partial charge < -0.3 is 23.5 Å². The third-order valence-corrected chi connectivity index (χ3v) is 10.6. The number of methoxy groups -OCH3 is 1. The van der Waals surface area contributed by atoms with Crippen LogP contribution in [0.1, 0.15) is 61.4 Å². The topological polar surface area (TPSA) is 67.6 Å². The van der Waals surface area contributed by atoms with Gasteiger partial charge in [0, 0.05) is 11.6 Å². The van der Waals surface area contributed by atoms with Gasteiger partial charge in [0.2, 0.25) is 0 Å². The van der Waals surface area contributed by atoms with Crippen molar-refractivity contribution in [3.8, 4) is 5.75 Å². The normalized spacial score (nSPS) is 27.8. The van der Waals surface area contributed by atoms with Crippen molar-refractivity contribution in [2.24, 2.45) is 5.41 Å². The lowest BCUT2D eigenvalue weighted by Gasteiger charge is -2.51. The van der Waals surface area contributed by atoms with E-state index in [1.807, 2.05) is 32.0 Å². The largest absolute Gasteiger partial charge is 0.497 e. The summed E-state index contributed by atoms with van der Waals surface area (Å²) in [6.45, 7) is 6.14. The molecule has 4 atom stereocenters. The quantitative estimate of drug-likeness (QED) is 0.133. The highest BCUT2D eigenvalue weighted by atomic mass is 35.5. The van der Waals surface area contributed by atoms with E-state index in [1.165, 1.54) is 11.9 Å². The van der Waals surface area contributed by atoms with E-state index in [2.05, 4.69) is 94.4 Å². The van der Waals surface area contributed by atoms with Crippen molar-refractivity contribution >= 4 is 22.6 Å². The van der Waals surface area contributed by atoms with Crippen molar-refractivity contribution in [3.05, 3.63) is 125 Å². The van der Waals surface area contributed by atoms with Gasteiger partial charge in [-0.05, 0) is 74.9 Å².